The number of aryl methyl sites for hydroxylation is 1. The largest absolute Gasteiger partial charge is 0.491 e. The van der Waals surface area contributed by atoms with Gasteiger partial charge in [0, 0.05) is 32.0 Å². The first kappa shape index (κ1) is 5.02. The van der Waals surface area contributed by atoms with Crippen molar-refractivity contribution < 1.29 is 33.8 Å². The minimum Gasteiger partial charge on any atom is -0.491 e. The van der Waals surface area contributed by atoms with Gasteiger partial charge in [-0.2, -0.15) is 0 Å². The van der Waals surface area contributed by atoms with Crippen LogP contribution in [-0.2, 0) is 11.1 Å². The van der Waals surface area contributed by atoms with E-state index in [2.05, 4.69) is 4.74 Å². The van der Waals surface area contributed by atoms with E-state index in [0.717, 1.165) is 31.4 Å². The molecule has 0 spiro atoms. The maximum Gasteiger partial charge on any atom is 0.119 e. The Labute approximate surface area is 135 Å². The van der Waals surface area contributed by atoms with Crippen LogP contribution in [0.3, 0.4) is 0 Å². The first-order valence-electron chi connectivity index (χ1n) is 12.3. The third kappa shape index (κ3) is 7.15. The quantitative estimate of drug-likeness (QED) is 0.722. The van der Waals surface area contributed by atoms with Crippen LogP contribution in [0.2, 0.25) is 0 Å². The average molecular weight is 281 g/mol. The van der Waals surface area contributed by atoms with E-state index in [0.29, 0.717) is 0 Å². The van der Waals surface area contributed by atoms with E-state index in [9.17, 15) is 5.11 Å². The molecular weight excluding hydrogens is 242 g/mol. The molecule has 1 rings (SSSR count). The molecule has 0 saturated carbocycles. The topological polar surface area (TPSA) is 50.7 Å². The van der Waals surface area contributed by atoms with Crippen LogP contribution in [0.15, 0.2) is 24.3 Å². The fraction of sp³-hybridized carbons (Fsp3) is 0.600. The Morgan fingerprint density at radius 1 is 1.42 bits per heavy atom. The van der Waals surface area contributed by atoms with Crippen LogP contribution in [0.5, 0.6) is 5.75 Å². The summed E-state index contributed by atoms with van der Waals surface area (Å²) in [5.74, 6) is -0.313. The molecule has 2 N–H and O–H groups in total. The molecule has 0 bridgehead atoms. The number of hydrogen-bond acceptors (Lipinski definition) is 4. The van der Waals surface area contributed by atoms with Crippen molar-refractivity contribution in [1.29, 1.82) is 0 Å². The van der Waals surface area contributed by atoms with Gasteiger partial charge in [0.25, 0.3) is 0 Å². The number of benzene rings is 1. The molecule has 0 aromatic heterocycles. The van der Waals surface area contributed by atoms with Gasteiger partial charge >= 0.3 is 0 Å². The van der Waals surface area contributed by atoms with Crippen LogP contribution in [0, 0.1) is 0 Å². The minimum absolute atomic E-state index is 0.181. The van der Waals surface area contributed by atoms with Gasteiger partial charge in [0.15, 0.2) is 0 Å². The first-order chi connectivity index (χ1) is 14.5. The molecule has 4 nitrogen and oxygen atoms in total. The van der Waals surface area contributed by atoms with Crippen molar-refractivity contribution in [2.45, 2.75) is 32.2 Å². The summed E-state index contributed by atoms with van der Waals surface area (Å²) < 4.78 is 116. The Balaban J connectivity index is 3.09. The Bertz CT molecular complexity index is 790. The number of methoxy groups -OCH3 is 1. The van der Waals surface area contributed by atoms with Crippen molar-refractivity contribution in [2.24, 2.45) is 0 Å². The summed E-state index contributed by atoms with van der Waals surface area (Å²) in [6.45, 7) is -14.1. The molecule has 0 fully saturated rings. The molecule has 0 saturated heterocycles. The van der Waals surface area contributed by atoms with Gasteiger partial charge in [0.05, 0.1) is 13.4 Å². The maximum atomic E-state index is 10.2. The average Bonchev–Trinajstić information content (AvgIpc) is 2.64. The Hall–Kier alpha value is -1.10. The summed E-state index contributed by atoms with van der Waals surface area (Å²) in [5, 5.41) is 12.0. The maximum absolute atomic E-state index is 10.2. The zero-order valence-electron chi connectivity index (χ0n) is 24.3. The van der Waals surface area contributed by atoms with Crippen LogP contribution < -0.4 is 10.1 Å². The molecule has 0 radical (unpaired) electrons. The molecule has 0 heterocycles. The van der Waals surface area contributed by atoms with E-state index in [-0.39, 0.29) is 11.3 Å². The monoisotopic (exact) mass is 281 g/mol. The zero-order chi connectivity index (χ0) is 26.3. The van der Waals surface area contributed by atoms with Crippen LogP contribution >= 0.6 is 0 Å². The molecule has 108 valence electrons. The van der Waals surface area contributed by atoms with Crippen molar-refractivity contribution in [3.8, 4) is 5.75 Å². The highest BCUT2D eigenvalue weighted by Gasteiger charge is 2.05. The molecule has 1 aromatic carbocycles. The van der Waals surface area contributed by atoms with Crippen molar-refractivity contribution in [3.05, 3.63) is 29.8 Å². The highest BCUT2D eigenvalue weighted by Crippen LogP contribution is 2.12. The lowest BCUT2D eigenvalue weighted by Crippen LogP contribution is -2.35. The molecule has 1 aromatic rings. The summed E-state index contributed by atoms with van der Waals surface area (Å²) in [4.78, 5) is 0. The second kappa shape index (κ2) is 8.91. The van der Waals surface area contributed by atoms with Gasteiger partial charge in [-0.15, -0.1) is 0 Å². The second-order valence-corrected chi connectivity index (χ2v) is 3.33. The van der Waals surface area contributed by atoms with Gasteiger partial charge in [-0.1, -0.05) is 25.8 Å². The predicted octanol–water partition coefficient (Wildman–Crippen LogP) is 1.61. The van der Waals surface area contributed by atoms with E-state index < -0.39 is 51.8 Å². The third-order valence-corrected chi connectivity index (χ3v) is 1.87. The zero-order valence-corrected chi connectivity index (χ0v) is 10.3. The lowest BCUT2D eigenvalue weighted by Gasteiger charge is -2.15. The highest BCUT2D eigenvalue weighted by molar-refractivity contribution is 5.27. The molecule has 19 heavy (non-hydrogen) atoms. The fourth-order valence-electron chi connectivity index (χ4n) is 1.04. The standard InChI is InChI=1S/C15H25NO3/c1-12(2)16-10-14(17)11-19-15-6-4-13(5-7-15)8-9-18-3/h4-7,12,14,16-17H,8-11H2,1-3H3/i1D3,2D3,8D2,9D2,11D2,12D,14D. The number of nitrogens with one attached hydrogen (secondary N) is 1. The number of aliphatic hydroxyl groups is 1. The Kier molecular flexibility index (Phi) is 2.36. The second-order valence-electron chi connectivity index (χ2n) is 3.33. The summed E-state index contributed by atoms with van der Waals surface area (Å²) in [6.07, 6.45) is -5.86. The van der Waals surface area contributed by atoms with Crippen LogP contribution in [-0.4, -0.2) is 44.0 Å². The SMILES string of the molecule is [2H]C([2H])([2H])C([2H])(NCC([2H])(O)C([2H])([2H])Oc1ccc(C([2H])([2H])C([2H])([2H])OC)cc1)C([2H])([2H])[2H]. The third-order valence-electron chi connectivity index (χ3n) is 1.87. The van der Waals surface area contributed by atoms with Crippen molar-refractivity contribution >= 4 is 0 Å². The van der Waals surface area contributed by atoms with Crippen molar-refractivity contribution in [1.82, 2.24) is 5.32 Å². The van der Waals surface area contributed by atoms with Crippen LogP contribution in [0.1, 0.15) is 38.5 Å². The van der Waals surface area contributed by atoms with Gasteiger partial charge in [-0.3, -0.25) is 0 Å². The molecule has 1 unspecified atom stereocenters. The van der Waals surface area contributed by atoms with Gasteiger partial charge in [0.2, 0.25) is 0 Å². The first-order valence-corrected chi connectivity index (χ1v) is 5.27. The highest BCUT2D eigenvalue weighted by atomic mass is 16.5. The lowest BCUT2D eigenvalue weighted by atomic mass is 10.1. The lowest BCUT2D eigenvalue weighted by molar-refractivity contribution is 0.104. The van der Waals surface area contributed by atoms with Crippen LogP contribution in [0.4, 0.5) is 0 Å². The summed E-state index contributed by atoms with van der Waals surface area (Å²) in [5.41, 5.74) is -0.181. The Morgan fingerprint density at radius 2 is 2.16 bits per heavy atom. The smallest absolute Gasteiger partial charge is 0.119 e. The van der Waals surface area contributed by atoms with Gasteiger partial charge in [0.1, 0.15) is 18.4 Å². The summed E-state index contributed by atoms with van der Waals surface area (Å²) >= 11 is 0. The fourth-order valence-corrected chi connectivity index (χ4v) is 1.04. The van der Waals surface area contributed by atoms with E-state index >= 15 is 0 Å². The molecule has 0 aliphatic rings. The molecule has 0 amide bonds. The van der Waals surface area contributed by atoms with Gasteiger partial charge < -0.3 is 19.9 Å². The molecule has 0 aliphatic carbocycles. The van der Waals surface area contributed by atoms with E-state index in [4.69, 9.17) is 23.9 Å². The number of rotatable bonds is 9. The predicted molar refractivity (Wildman–Crippen MR) is 76.7 cm³/mol. The number of hydrogen-bond donors (Lipinski definition) is 2. The van der Waals surface area contributed by atoms with E-state index in [1.165, 1.54) is 0 Å². The van der Waals surface area contributed by atoms with Crippen molar-refractivity contribution in [3.63, 3.8) is 0 Å². The van der Waals surface area contributed by atoms with Crippen LogP contribution in [0.25, 0.3) is 0 Å². The number of ether oxygens (including phenoxy) is 2. The minimum atomic E-state index is -3.41. The summed E-state index contributed by atoms with van der Waals surface area (Å²) in [7, 11) is 0.983. The van der Waals surface area contributed by atoms with Gasteiger partial charge in [-0.05, 0) is 24.1 Å². The van der Waals surface area contributed by atoms with Crippen molar-refractivity contribution in [2.75, 3.05) is 26.8 Å². The van der Waals surface area contributed by atoms with E-state index in [1.807, 2.05) is 0 Å². The van der Waals surface area contributed by atoms with E-state index in [1.54, 1.807) is 5.32 Å². The summed E-state index contributed by atoms with van der Waals surface area (Å²) in [6, 6.07) is 0.918. The molecule has 1 atom stereocenters. The molecular formula is C15H25NO3. The molecule has 0 aliphatic heterocycles. The normalized spacial score (nSPS) is 29.4. The Morgan fingerprint density at radius 3 is 2.79 bits per heavy atom. The van der Waals surface area contributed by atoms with Gasteiger partial charge in [-0.25, -0.2) is 0 Å². The molecule has 4 heteroatoms.